The van der Waals surface area contributed by atoms with E-state index in [9.17, 15) is 9.59 Å². The van der Waals surface area contributed by atoms with E-state index in [2.05, 4.69) is 0 Å². The Hall–Kier alpha value is -2.04. The monoisotopic (exact) mass is 264 g/mol. The fraction of sp³-hybridized carbons (Fsp3) is 0.429. The van der Waals surface area contributed by atoms with E-state index >= 15 is 0 Å². The van der Waals surface area contributed by atoms with Crippen molar-refractivity contribution in [3.63, 3.8) is 0 Å². The lowest BCUT2D eigenvalue weighted by Gasteiger charge is -2.15. The molecule has 0 heterocycles. The average Bonchev–Trinajstić information content (AvgIpc) is 2.35. The molecule has 0 aliphatic rings. The predicted molar refractivity (Wildman–Crippen MR) is 72.7 cm³/mol. The van der Waals surface area contributed by atoms with E-state index in [1.54, 1.807) is 7.05 Å². The Balaban J connectivity index is 2.50. The number of carbonyl (C=O) groups excluding carboxylic acids is 2. The molecule has 19 heavy (non-hydrogen) atoms. The smallest absolute Gasteiger partial charge is 0.311 e. The highest BCUT2D eigenvalue weighted by Gasteiger charge is 2.14. The minimum Gasteiger partial charge on any atom is -0.491 e. The zero-order valence-electron chi connectivity index (χ0n) is 11.6. The summed E-state index contributed by atoms with van der Waals surface area (Å²) in [4.78, 5) is 23.3. The molecule has 5 nitrogen and oxygen atoms in total. The number of likely N-dealkylation sites (N-methyl/N-ethyl adjacent to an activating group) is 1. The van der Waals surface area contributed by atoms with Crippen LogP contribution in [0.5, 0.6) is 5.75 Å². The van der Waals surface area contributed by atoms with Crippen LogP contribution in [0.25, 0.3) is 0 Å². The van der Waals surface area contributed by atoms with Crippen LogP contribution in [0.1, 0.15) is 19.4 Å². The second-order valence-corrected chi connectivity index (χ2v) is 4.65. The molecule has 5 heteroatoms. The quantitative estimate of drug-likeness (QED) is 0.805. The molecule has 2 amide bonds. The van der Waals surface area contributed by atoms with Gasteiger partial charge in [0.1, 0.15) is 5.75 Å². The first-order valence-corrected chi connectivity index (χ1v) is 6.20. The van der Waals surface area contributed by atoms with Gasteiger partial charge in [0.05, 0.1) is 6.10 Å². The van der Waals surface area contributed by atoms with E-state index in [1.807, 2.05) is 38.1 Å². The average molecular weight is 264 g/mol. The van der Waals surface area contributed by atoms with Gasteiger partial charge in [-0.1, -0.05) is 12.1 Å². The number of hydrogen-bond acceptors (Lipinski definition) is 3. The van der Waals surface area contributed by atoms with Crippen molar-refractivity contribution in [2.75, 3.05) is 13.6 Å². The Morgan fingerprint density at radius 1 is 1.26 bits per heavy atom. The molecule has 104 valence electrons. The van der Waals surface area contributed by atoms with Gasteiger partial charge >= 0.3 is 11.8 Å². The van der Waals surface area contributed by atoms with Crippen molar-refractivity contribution in [3.05, 3.63) is 29.8 Å². The van der Waals surface area contributed by atoms with E-state index in [-0.39, 0.29) is 6.10 Å². The Kier molecular flexibility index (Phi) is 5.36. The van der Waals surface area contributed by atoms with Crippen LogP contribution in [0.15, 0.2) is 24.3 Å². The topological polar surface area (TPSA) is 72.6 Å². The lowest BCUT2D eigenvalue weighted by atomic mass is 10.1. The molecule has 0 radical (unpaired) electrons. The van der Waals surface area contributed by atoms with Crippen molar-refractivity contribution < 1.29 is 14.3 Å². The zero-order chi connectivity index (χ0) is 14.4. The molecule has 1 aromatic rings. The highest BCUT2D eigenvalue weighted by atomic mass is 16.5. The van der Waals surface area contributed by atoms with Crippen molar-refractivity contribution in [3.8, 4) is 5.75 Å². The second kappa shape index (κ2) is 6.78. The van der Waals surface area contributed by atoms with Gasteiger partial charge in [-0.15, -0.1) is 0 Å². The summed E-state index contributed by atoms with van der Waals surface area (Å²) >= 11 is 0. The van der Waals surface area contributed by atoms with Crippen LogP contribution in [0.2, 0.25) is 0 Å². The van der Waals surface area contributed by atoms with Crippen LogP contribution in [0, 0.1) is 0 Å². The molecule has 0 saturated heterocycles. The third-order valence-electron chi connectivity index (χ3n) is 2.59. The summed E-state index contributed by atoms with van der Waals surface area (Å²) in [6.45, 7) is 4.39. The van der Waals surface area contributed by atoms with E-state index < -0.39 is 11.8 Å². The summed E-state index contributed by atoms with van der Waals surface area (Å²) < 4.78 is 5.54. The Labute approximate surface area is 113 Å². The number of carbonyl (C=O) groups is 2. The molecule has 0 bridgehead atoms. The highest BCUT2D eigenvalue weighted by Crippen LogP contribution is 2.14. The molecule has 0 fully saturated rings. The van der Waals surface area contributed by atoms with Crippen molar-refractivity contribution in [2.45, 2.75) is 26.4 Å². The maximum atomic E-state index is 11.3. The number of benzene rings is 1. The van der Waals surface area contributed by atoms with Crippen LogP contribution in [0.4, 0.5) is 0 Å². The van der Waals surface area contributed by atoms with E-state index in [0.29, 0.717) is 13.0 Å². The van der Waals surface area contributed by atoms with Gasteiger partial charge in [0.15, 0.2) is 0 Å². The van der Waals surface area contributed by atoms with Crippen LogP contribution in [0.3, 0.4) is 0 Å². The molecule has 1 aromatic carbocycles. The molecule has 2 N–H and O–H groups in total. The first-order chi connectivity index (χ1) is 8.90. The van der Waals surface area contributed by atoms with Crippen molar-refractivity contribution in [1.29, 1.82) is 0 Å². The van der Waals surface area contributed by atoms with E-state index in [0.717, 1.165) is 11.3 Å². The molecule has 0 unspecified atom stereocenters. The van der Waals surface area contributed by atoms with Crippen molar-refractivity contribution >= 4 is 11.8 Å². The van der Waals surface area contributed by atoms with Gasteiger partial charge in [-0.05, 0) is 38.0 Å². The third kappa shape index (κ3) is 4.99. The van der Waals surface area contributed by atoms with Gasteiger partial charge in [-0.2, -0.15) is 0 Å². The summed E-state index contributed by atoms with van der Waals surface area (Å²) in [7, 11) is 1.56. The maximum Gasteiger partial charge on any atom is 0.311 e. The fourth-order valence-corrected chi connectivity index (χ4v) is 1.59. The largest absolute Gasteiger partial charge is 0.491 e. The van der Waals surface area contributed by atoms with Gasteiger partial charge in [-0.25, -0.2) is 0 Å². The molecule has 1 rings (SSSR count). The molecule has 0 aliphatic heterocycles. The summed E-state index contributed by atoms with van der Waals surface area (Å²) in [5, 5.41) is 0. The van der Waals surface area contributed by atoms with Crippen LogP contribution in [-0.2, 0) is 16.0 Å². The Morgan fingerprint density at radius 3 is 2.32 bits per heavy atom. The number of nitrogens with zero attached hydrogens (tertiary/aromatic N) is 1. The molecule has 0 aliphatic carbocycles. The number of rotatable bonds is 5. The molecule has 0 aromatic heterocycles. The maximum absolute atomic E-state index is 11.3. The molecule has 0 saturated carbocycles. The summed E-state index contributed by atoms with van der Waals surface area (Å²) in [6.07, 6.45) is 0.808. The number of hydrogen-bond donors (Lipinski definition) is 1. The molecular weight excluding hydrogens is 244 g/mol. The Bertz CT molecular complexity index is 441. The number of amides is 2. The van der Waals surface area contributed by atoms with Crippen LogP contribution in [-0.4, -0.2) is 36.4 Å². The fourth-order valence-electron chi connectivity index (χ4n) is 1.59. The van der Waals surface area contributed by atoms with Crippen LogP contribution < -0.4 is 10.5 Å². The van der Waals surface area contributed by atoms with Gasteiger partial charge in [-0.3, -0.25) is 9.59 Å². The zero-order valence-corrected chi connectivity index (χ0v) is 11.6. The standard InChI is InChI=1S/C14H20N2O3/c1-10(2)19-12-6-4-11(5-7-12)8-9-16(3)14(18)13(15)17/h4-7,10H,8-9H2,1-3H3,(H2,15,17). The summed E-state index contributed by atoms with van der Waals surface area (Å²) in [5.74, 6) is -0.775. The Morgan fingerprint density at radius 2 is 1.84 bits per heavy atom. The SMILES string of the molecule is CC(C)Oc1ccc(CCN(C)C(=O)C(N)=O)cc1. The lowest BCUT2D eigenvalue weighted by Crippen LogP contribution is -2.38. The van der Waals surface area contributed by atoms with E-state index in [1.165, 1.54) is 4.90 Å². The molecular formula is C14H20N2O3. The van der Waals surface area contributed by atoms with Gasteiger partial charge in [0.25, 0.3) is 0 Å². The normalized spacial score (nSPS) is 10.3. The third-order valence-corrected chi connectivity index (χ3v) is 2.59. The van der Waals surface area contributed by atoms with Gasteiger partial charge < -0.3 is 15.4 Å². The van der Waals surface area contributed by atoms with Gasteiger partial charge in [0, 0.05) is 13.6 Å². The number of nitrogens with two attached hydrogens (primary N) is 1. The lowest BCUT2D eigenvalue weighted by molar-refractivity contribution is -0.143. The summed E-state index contributed by atoms with van der Waals surface area (Å²) in [5.41, 5.74) is 6.00. The van der Waals surface area contributed by atoms with Gasteiger partial charge in [0.2, 0.25) is 0 Å². The van der Waals surface area contributed by atoms with Crippen LogP contribution >= 0.6 is 0 Å². The number of primary amides is 1. The highest BCUT2D eigenvalue weighted by molar-refractivity contribution is 6.34. The first kappa shape index (κ1) is 15.0. The molecule has 0 atom stereocenters. The van der Waals surface area contributed by atoms with Crippen molar-refractivity contribution in [1.82, 2.24) is 4.90 Å². The van der Waals surface area contributed by atoms with E-state index in [4.69, 9.17) is 10.5 Å². The van der Waals surface area contributed by atoms with Crippen molar-refractivity contribution in [2.24, 2.45) is 5.73 Å². The summed E-state index contributed by atoms with van der Waals surface area (Å²) in [6, 6.07) is 7.68. The number of ether oxygens (including phenoxy) is 1. The second-order valence-electron chi connectivity index (χ2n) is 4.65. The molecule has 0 spiro atoms. The minimum absolute atomic E-state index is 0.144. The minimum atomic E-state index is -0.928. The first-order valence-electron chi connectivity index (χ1n) is 6.20. The predicted octanol–water partition coefficient (Wildman–Crippen LogP) is 0.960.